The number of hydrogen-bond acceptors (Lipinski definition) is 3. The minimum Gasteiger partial charge on any atom is -0.393 e. The lowest BCUT2D eigenvalue weighted by Gasteiger charge is -2.33. The average Bonchev–Trinajstić information content (AvgIpc) is 2.81. The van der Waals surface area contributed by atoms with Gasteiger partial charge in [0.05, 0.1) is 17.8 Å². The number of aromatic nitrogens is 2. The van der Waals surface area contributed by atoms with Crippen LogP contribution >= 0.6 is 0 Å². The Labute approximate surface area is 109 Å². The zero-order valence-electron chi connectivity index (χ0n) is 11.2. The molecule has 4 heteroatoms. The average molecular weight is 249 g/mol. The molecule has 4 nitrogen and oxygen atoms in total. The van der Waals surface area contributed by atoms with E-state index in [1.807, 2.05) is 0 Å². The fourth-order valence-corrected chi connectivity index (χ4v) is 3.30. The number of aliphatic hydroxyl groups is 1. The first kappa shape index (κ1) is 12.2. The van der Waals surface area contributed by atoms with Crippen LogP contribution < -0.4 is 0 Å². The Morgan fingerprint density at radius 1 is 1.33 bits per heavy atom. The third-order valence-corrected chi connectivity index (χ3v) is 4.36. The maximum absolute atomic E-state index is 9.71. The van der Waals surface area contributed by atoms with Crippen LogP contribution in [0.3, 0.4) is 0 Å². The van der Waals surface area contributed by atoms with E-state index in [1.165, 1.54) is 31.5 Å². The second-order valence-electron chi connectivity index (χ2n) is 5.56. The number of likely N-dealkylation sites (tertiary alicyclic amines) is 1. The molecule has 0 aromatic carbocycles. The van der Waals surface area contributed by atoms with Gasteiger partial charge in [0, 0.05) is 19.2 Å². The first-order chi connectivity index (χ1) is 8.78. The van der Waals surface area contributed by atoms with E-state index < -0.39 is 0 Å². The van der Waals surface area contributed by atoms with Crippen LogP contribution in [-0.4, -0.2) is 38.8 Å². The van der Waals surface area contributed by atoms with Crippen LogP contribution in [0.4, 0.5) is 0 Å². The molecular formula is C14H23N3O. The van der Waals surface area contributed by atoms with Gasteiger partial charge in [-0.05, 0) is 32.4 Å². The van der Waals surface area contributed by atoms with E-state index in [-0.39, 0.29) is 6.10 Å². The van der Waals surface area contributed by atoms with Crippen molar-refractivity contribution < 1.29 is 5.11 Å². The van der Waals surface area contributed by atoms with Gasteiger partial charge in [-0.1, -0.05) is 13.3 Å². The summed E-state index contributed by atoms with van der Waals surface area (Å²) in [6.07, 6.45) is 7.47. The Kier molecular flexibility index (Phi) is 3.39. The van der Waals surface area contributed by atoms with Crippen molar-refractivity contribution in [1.82, 2.24) is 14.5 Å². The van der Waals surface area contributed by atoms with Gasteiger partial charge in [0.2, 0.25) is 0 Å². The molecule has 1 N–H and O–H groups in total. The molecule has 2 aliphatic heterocycles. The molecular weight excluding hydrogens is 226 g/mol. The van der Waals surface area contributed by atoms with Crippen LogP contribution in [0.25, 0.3) is 0 Å². The largest absolute Gasteiger partial charge is 0.393 e. The summed E-state index contributed by atoms with van der Waals surface area (Å²) in [5.74, 6) is 1.07. The van der Waals surface area contributed by atoms with Gasteiger partial charge >= 0.3 is 0 Å². The molecule has 1 aromatic heterocycles. The lowest BCUT2D eigenvalue weighted by molar-refractivity contribution is 0.141. The monoisotopic (exact) mass is 249 g/mol. The summed E-state index contributed by atoms with van der Waals surface area (Å²) in [6.45, 7) is 5.46. The van der Waals surface area contributed by atoms with E-state index >= 15 is 0 Å². The molecule has 2 atom stereocenters. The molecule has 3 rings (SSSR count). The third-order valence-electron chi connectivity index (χ3n) is 4.36. The lowest BCUT2D eigenvalue weighted by Crippen LogP contribution is -2.33. The van der Waals surface area contributed by atoms with Crippen LogP contribution in [0.15, 0.2) is 6.20 Å². The molecule has 2 unspecified atom stereocenters. The molecule has 0 spiro atoms. The highest BCUT2D eigenvalue weighted by Crippen LogP contribution is 2.30. The molecule has 1 fully saturated rings. The van der Waals surface area contributed by atoms with Gasteiger partial charge in [0.1, 0.15) is 5.82 Å². The number of rotatable bonds is 2. The number of hydrogen-bond donors (Lipinski definition) is 1. The van der Waals surface area contributed by atoms with Gasteiger partial charge in [-0.25, -0.2) is 4.98 Å². The normalized spacial score (nSPS) is 29.2. The summed E-state index contributed by atoms with van der Waals surface area (Å²) < 4.78 is 2.24. The van der Waals surface area contributed by atoms with Gasteiger partial charge < -0.3 is 9.67 Å². The highest BCUT2D eigenvalue weighted by molar-refractivity contribution is 5.12. The molecule has 2 aliphatic rings. The molecule has 18 heavy (non-hydrogen) atoms. The van der Waals surface area contributed by atoms with Gasteiger partial charge in [-0.2, -0.15) is 0 Å². The number of aryl methyl sites for hydroxylation is 1. The first-order valence-corrected chi connectivity index (χ1v) is 7.26. The van der Waals surface area contributed by atoms with Crippen molar-refractivity contribution in [3.63, 3.8) is 0 Å². The fourth-order valence-electron chi connectivity index (χ4n) is 3.30. The second-order valence-corrected chi connectivity index (χ2v) is 5.56. The van der Waals surface area contributed by atoms with Gasteiger partial charge in [-0.3, -0.25) is 4.90 Å². The van der Waals surface area contributed by atoms with Crippen molar-refractivity contribution in [2.45, 2.75) is 57.7 Å². The van der Waals surface area contributed by atoms with Crippen LogP contribution in [0.1, 0.15) is 50.2 Å². The molecule has 1 saturated heterocycles. The number of imidazole rings is 1. The van der Waals surface area contributed by atoms with E-state index in [9.17, 15) is 5.11 Å². The predicted molar refractivity (Wildman–Crippen MR) is 70.4 cm³/mol. The maximum atomic E-state index is 9.71. The topological polar surface area (TPSA) is 41.3 Å². The van der Waals surface area contributed by atoms with Crippen molar-refractivity contribution in [3.8, 4) is 0 Å². The molecule has 0 saturated carbocycles. The van der Waals surface area contributed by atoms with E-state index in [0.717, 1.165) is 31.8 Å². The van der Waals surface area contributed by atoms with E-state index in [0.29, 0.717) is 6.04 Å². The summed E-state index contributed by atoms with van der Waals surface area (Å²) in [5.41, 5.74) is 1.22. The van der Waals surface area contributed by atoms with E-state index in [1.54, 1.807) is 0 Å². The number of aliphatic hydroxyl groups excluding tert-OH is 1. The maximum Gasteiger partial charge on any atom is 0.111 e. The highest BCUT2D eigenvalue weighted by Gasteiger charge is 2.27. The second kappa shape index (κ2) is 5.02. The third kappa shape index (κ3) is 2.19. The minimum absolute atomic E-state index is 0.193. The Bertz CT molecular complexity index is 415. The van der Waals surface area contributed by atoms with E-state index in [4.69, 9.17) is 4.98 Å². The van der Waals surface area contributed by atoms with E-state index in [2.05, 4.69) is 22.6 Å². The SMILES string of the molecule is CCN1CCCCC1c1cn2c(n1)CC(O)CC2. The van der Waals surface area contributed by atoms with Gasteiger partial charge in [0.25, 0.3) is 0 Å². The van der Waals surface area contributed by atoms with Crippen LogP contribution in [-0.2, 0) is 13.0 Å². The number of nitrogens with zero attached hydrogens (tertiary/aromatic N) is 3. The van der Waals surface area contributed by atoms with Crippen molar-refractivity contribution in [2.75, 3.05) is 13.1 Å². The van der Waals surface area contributed by atoms with Crippen molar-refractivity contribution in [1.29, 1.82) is 0 Å². The predicted octanol–water partition coefficient (Wildman–Crippen LogP) is 1.74. The van der Waals surface area contributed by atoms with Gasteiger partial charge in [0.15, 0.2) is 0 Å². The minimum atomic E-state index is -0.193. The highest BCUT2D eigenvalue weighted by atomic mass is 16.3. The molecule has 1 aromatic rings. The molecule has 100 valence electrons. The lowest BCUT2D eigenvalue weighted by atomic mass is 10.00. The summed E-state index contributed by atoms with van der Waals surface area (Å²) in [7, 11) is 0. The first-order valence-electron chi connectivity index (χ1n) is 7.26. The van der Waals surface area contributed by atoms with Crippen molar-refractivity contribution >= 4 is 0 Å². The molecule has 0 radical (unpaired) electrons. The van der Waals surface area contributed by atoms with Crippen LogP contribution in [0.2, 0.25) is 0 Å². The molecule has 0 amide bonds. The molecule has 3 heterocycles. The summed E-state index contributed by atoms with van der Waals surface area (Å²) >= 11 is 0. The zero-order valence-corrected chi connectivity index (χ0v) is 11.2. The zero-order chi connectivity index (χ0) is 12.5. The quantitative estimate of drug-likeness (QED) is 0.868. The van der Waals surface area contributed by atoms with Crippen molar-refractivity contribution in [3.05, 3.63) is 17.7 Å². The van der Waals surface area contributed by atoms with Crippen LogP contribution in [0, 0.1) is 0 Å². The fraction of sp³-hybridized carbons (Fsp3) is 0.786. The van der Waals surface area contributed by atoms with Gasteiger partial charge in [-0.15, -0.1) is 0 Å². The summed E-state index contributed by atoms with van der Waals surface area (Å²) in [5, 5.41) is 9.71. The Morgan fingerprint density at radius 2 is 2.22 bits per heavy atom. The molecule has 0 aliphatic carbocycles. The molecule has 0 bridgehead atoms. The summed E-state index contributed by atoms with van der Waals surface area (Å²) in [4.78, 5) is 7.32. The smallest absolute Gasteiger partial charge is 0.111 e. The number of fused-ring (bicyclic) bond motifs is 1. The van der Waals surface area contributed by atoms with Crippen molar-refractivity contribution in [2.24, 2.45) is 0 Å². The summed E-state index contributed by atoms with van der Waals surface area (Å²) in [6, 6.07) is 0.499. The Hall–Kier alpha value is -0.870. The standard InChI is InChI=1S/C14H23N3O/c1-2-16-7-4-3-5-13(16)12-10-17-8-6-11(18)9-14(17)15-12/h10-11,13,18H,2-9H2,1H3. The Balaban J connectivity index is 1.83. The van der Waals surface area contributed by atoms with Crippen LogP contribution in [0.5, 0.6) is 0 Å². The number of piperidine rings is 1. The Morgan fingerprint density at radius 3 is 3.06 bits per heavy atom.